The van der Waals surface area contributed by atoms with Gasteiger partial charge in [-0.15, -0.1) is 0 Å². The monoisotopic (exact) mass is 323 g/mol. The Morgan fingerprint density at radius 2 is 2.04 bits per heavy atom. The Labute approximate surface area is 139 Å². The highest BCUT2D eigenvalue weighted by atomic mass is 16.6. The van der Waals surface area contributed by atoms with Crippen molar-refractivity contribution in [3.63, 3.8) is 0 Å². The van der Waals surface area contributed by atoms with Gasteiger partial charge in [-0.2, -0.15) is 5.26 Å². The number of rotatable bonds is 4. The fraction of sp³-hybridized carbons (Fsp3) is 0.278. The number of allylic oxidation sites excluding steroid dienone is 1. The molecule has 0 amide bonds. The molecule has 122 valence electrons. The molecular weight excluding hydrogens is 306 g/mol. The van der Waals surface area contributed by atoms with Crippen molar-refractivity contribution in [2.24, 2.45) is 0 Å². The van der Waals surface area contributed by atoms with Gasteiger partial charge < -0.3 is 9.32 Å². The molecule has 0 aliphatic carbocycles. The first kappa shape index (κ1) is 15.8. The Balaban J connectivity index is 1.86. The number of benzene rings is 1. The summed E-state index contributed by atoms with van der Waals surface area (Å²) in [5, 5.41) is 20.3. The lowest BCUT2D eigenvalue weighted by Gasteiger charge is -2.25. The summed E-state index contributed by atoms with van der Waals surface area (Å²) >= 11 is 0. The molecule has 1 aliphatic heterocycles. The lowest BCUT2D eigenvalue weighted by Crippen LogP contribution is -2.28. The normalized spacial score (nSPS) is 15.1. The standard InChI is InChI=1S/C18H17N3O3/c19-13-15(14-5-4-6-16(11-14)21(22)23)12-17-7-8-18(24-17)20-9-2-1-3-10-20/h4-8,11-12H,1-3,9-10H2. The van der Waals surface area contributed by atoms with E-state index >= 15 is 0 Å². The van der Waals surface area contributed by atoms with Gasteiger partial charge in [-0.1, -0.05) is 12.1 Å². The van der Waals surface area contributed by atoms with E-state index in [1.165, 1.54) is 18.6 Å². The van der Waals surface area contributed by atoms with Crippen molar-refractivity contribution in [2.75, 3.05) is 18.0 Å². The van der Waals surface area contributed by atoms with E-state index in [0.717, 1.165) is 31.8 Å². The van der Waals surface area contributed by atoms with Crippen LogP contribution in [0.15, 0.2) is 40.8 Å². The zero-order chi connectivity index (χ0) is 16.9. The van der Waals surface area contributed by atoms with Crippen LogP contribution >= 0.6 is 0 Å². The van der Waals surface area contributed by atoms with E-state index in [4.69, 9.17) is 4.42 Å². The van der Waals surface area contributed by atoms with Crippen molar-refractivity contribution in [3.8, 4) is 6.07 Å². The molecule has 24 heavy (non-hydrogen) atoms. The average Bonchev–Trinajstić information content (AvgIpc) is 3.09. The summed E-state index contributed by atoms with van der Waals surface area (Å²) in [7, 11) is 0. The molecule has 1 fully saturated rings. The van der Waals surface area contributed by atoms with Gasteiger partial charge in [0.15, 0.2) is 5.88 Å². The lowest BCUT2D eigenvalue weighted by molar-refractivity contribution is -0.384. The molecule has 1 aromatic carbocycles. The van der Waals surface area contributed by atoms with Crippen LogP contribution in [0.4, 0.5) is 11.6 Å². The third-order valence-electron chi connectivity index (χ3n) is 4.06. The number of hydrogen-bond acceptors (Lipinski definition) is 5. The van der Waals surface area contributed by atoms with Gasteiger partial charge in [0.2, 0.25) is 0 Å². The Kier molecular flexibility index (Phi) is 4.62. The number of hydrogen-bond donors (Lipinski definition) is 0. The molecule has 0 unspecified atom stereocenters. The summed E-state index contributed by atoms with van der Waals surface area (Å²) in [6, 6.07) is 11.8. The maximum atomic E-state index is 10.9. The maximum Gasteiger partial charge on any atom is 0.270 e. The van der Waals surface area contributed by atoms with Crippen LogP contribution in [0, 0.1) is 21.4 Å². The molecule has 0 atom stereocenters. The van der Waals surface area contributed by atoms with E-state index in [2.05, 4.69) is 11.0 Å². The molecule has 3 rings (SSSR count). The third kappa shape index (κ3) is 3.46. The molecule has 0 N–H and O–H groups in total. The summed E-state index contributed by atoms with van der Waals surface area (Å²) in [6.45, 7) is 1.96. The van der Waals surface area contributed by atoms with E-state index in [0.29, 0.717) is 16.9 Å². The molecule has 0 saturated carbocycles. The smallest absolute Gasteiger partial charge is 0.270 e. The molecule has 6 nitrogen and oxygen atoms in total. The fourth-order valence-electron chi connectivity index (χ4n) is 2.81. The second kappa shape index (κ2) is 7.01. The first-order chi connectivity index (χ1) is 11.7. The number of anilines is 1. The summed E-state index contributed by atoms with van der Waals surface area (Å²) in [5.41, 5.74) is 0.794. The van der Waals surface area contributed by atoms with Gasteiger partial charge in [0.1, 0.15) is 5.76 Å². The van der Waals surface area contributed by atoms with Crippen molar-refractivity contribution in [1.29, 1.82) is 5.26 Å². The second-order valence-electron chi connectivity index (χ2n) is 5.70. The minimum Gasteiger partial charge on any atom is -0.441 e. The van der Waals surface area contributed by atoms with Crippen molar-refractivity contribution in [2.45, 2.75) is 19.3 Å². The summed E-state index contributed by atoms with van der Waals surface area (Å²) in [5.74, 6) is 1.37. The highest BCUT2D eigenvalue weighted by Gasteiger charge is 2.14. The van der Waals surface area contributed by atoms with Crippen LogP contribution in [0.3, 0.4) is 0 Å². The van der Waals surface area contributed by atoms with Crippen molar-refractivity contribution in [1.82, 2.24) is 0 Å². The van der Waals surface area contributed by atoms with Crippen LogP contribution in [0.5, 0.6) is 0 Å². The molecule has 1 aliphatic rings. The molecule has 2 heterocycles. The zero-order valence-electron chi connectivity index (χ0n) is 13.1. The predicted molar refractivity (Wildman–Crippen MR) is 91.4 cm³/mol. The van der Waals surface area contributed by atoms with Gasteiger partial charge in [-0.25, -0.2) is 0 Å². The minimum atomic E-state index is -0.472. The number of piperidine rings is 1. The van der Waals surface area contributed by atoms with Crippen LogP contribution in [0.2, 0.25) is 0 Å². The Morgan fingerprint density at radius 3 is 2.75 bits per heavy atom. The molecule has 2 aromatic rings. The maximum absolute atomic E-state index is 10.9. The topological polar surface area (TPSA) is 83.3 Å². The van der Waals surface area contributed by atoms with Gasteiger partial charge >= 0.3 is 0 Å². The molecular formula is C18H17N3O3. The summed E-state index contributed by atoms with van der Waals surface area (Å²) < 4.78 is 5.82. The first-order valence-electron chi connectivity index (χ1n) is 7.89. The highest BCUT2D eigenvalue weighted by molar-refractivity contribution is 5.89. The Hall–Kier alpha value is -3.07. The van der Waals surface area contributed by atoms with Gasteiger partial charge in [0, 0.05) is 31.3 Å². The van der Waals surface area contributed by atoms with E-state index in [1.54, 1.807) is 18.2 Å². The number of non-ortho nitro benzene ring substituents is 1. The zero-order valence-corrected chi connectivity index (χ0v) is 13.1. The van der Waals surface area contributed by atoms with Crippen LogP contribution in [-0.2, 0) is 0 Å². The minimum absolute atomic E-state index is 0.0397. The quantitative estimate of drug-likeness (QED) is 0.477. The molecule has 0 radical (unpaired) electrons. The summed E-state index contributed by atoms with van der Waals surface area (Å²) in [6.07, 6.45) is 5.17. The largest absolute Gasteiger partial charge is 0.441 e. The van der Waals surface area contributed by atoms with E-state index in [1.807, 2.05) is 12.1 Å². The Bertz CT molecular complexity index is 811. The number of nitriles is 1. The number of nitrogens with zero attached hydrogens (tertiary/aromatic N) is 3. The molecule has 1 aromatic heterocycles. The van der Waals surface area contributed by atoms with Crippen LogP contribution in [0.25, 0.3) is 11.6 Å². The van der Waals surface area contributed by atoms with E-state index in [9.17, 15) is 15.4 Å². The van der Waals surface area contributed by atoms with Crippen molar-refractivity contribution in [3.05, 3.63) is 57.8 Å². The number of nitro groups is 1. The molecule has 0 spiro atoms. The number of nitro benzene ring substituents is 1. The van der Waals surface area contributed by atoms with E-state index in [-0.39, 0.29) is 5.69 Å². The first-order valence-corrected chi connectivity index (χ1v) is 7.89. The molecule has 6 heteroatoms. The SMILES string of the molecule is N#CC(=Cc1ccc(N2CCCCC2)o1)c1cccc([N+](=O)[O-])c1. The van der Waals surface area contributed by atoms with Gasteiger partial charge in [0.05, 0.1) is 16.6 Å². The number of furan rings is 1. The van der Waals surface area contributed by atoms with Crippen molar-refractivity contribution >= 4 is 23.2 Å². The lowest BCUT2D eigenvalue weighted by atomic mass is 10.1. The van der Waals surface area contributed by atoms with Gasteiger partial charge in [-0.05, 0) is 37.0 Å². The van der Waals surface area contributed by atoms with E-state index < -0.39 is 4.92 Å². The van der Waals surface area contributed by atoms with Crippen LogP contribution < -0.4 is 4.90 Å². The second-order valence-corrected chi connectivity index (χ2v) is 5.70. The fourth-order valence-corrected chi connectivity index (χ4v) is 2.81. The van der Waals surface area contributed by atoms with Crippen LogP contribution in [-0.4, -0.2) is 18.0 Å². The van der Waals surface area contributed by atoms with Crippen LogP contribution in [0.1, 0.15) is 30.6 Å². The molecule has 1 saturated heterocycles. The highest BCUT2D eigenvalue weighted by Crippen LogP contribution is 2.26. The van der Waals surface area contributed by atoms with Crippen molar-refractivity contribution < 1.29 is 9.34 Å². The van der Waals surface area contributed by atoms with Gasteiger partial charge in [0.25, 0.3) is 5.69 Å². The average molecular weight is 323 g/mol. The van der Waals surface area contributed by atoms with Gasteiger partial charge in [-0.3, -0.25) is 10.1 Å². The Morgan fingerprint density at radius 1 is 1.25 bits per heavy atom. The third-order valence-corrected chi connectivity index (χ3v) is 4.06. The summed E-state index contributed by atoms with van der Waals surface area (Å²) in [4.78, 5) is 12.6. The molecule has 0 bridgehead atoms. The predicted octanol–water partition coefficient (Wildman–Crippen LogP) is 4.24.